The molecular formula is C23H20Cl2N2O2S. The molecule has 1 aliphatic carbocycles. The molecule has 3 heterocycles. The Morgan fingerprint density at radius 3 is 2.60 bits per heavy atom. The Morgan fingerprint density at radius 1 is 1.03 bits per heavy atom. The molecule has 6 rings (SSSR count). The van der Waals surface area contributed by atoms with Crippen LogP contribution in [0.15, 0.2) is 41.8 Å². The quantitative estimate of drug-likeness (QED) is 0.321. The Kier molecular flexibility index (Phi) is 4.59. The number of halogens is 2. The molecule has 30 heavy (non-hydrogen) atoms. The number of fused-ring (bicyclic) bond motifs is 2. The minimum absolute atomic E-state index is 0.262. The number of rotatable bonds is 2. The average Bonchev–Trinajstić information content (AvgIpc) is 3.49. The second-order valence-corrected chi connectivity index (χ2v) is 9.72. The minimum Gasteiger partial charge on any atom is -0.348 e. The largest absolute Gasteiger partial charge is 0.348 e. The van der Waals surface area contributed by atoms with Gasteiger partial charge in [0.1, 0.15) is 5.82 Å². The molecule has 2 aromatic heterocycles. The average molecular weight is 459 g/mol. The molecule has 0 N–H and O–H groups in total. The minimum atomic E-state index is -0.399. The Morgan fingerprint density at radius 2 is 1.80 bits per heavy atom. The fourth-order valence-electron chi connectivity index (χ4n) is 4.91. The lowest BCUT2D eigenvalue weighted by molar-refractivity contribution is -0.181. The van der Waals surface area contributed by atoms with Crippen LogP contribution in [0.2, 0.25) is 10.0 Å². The molecule has 2 aliphatic rings. The number of aromatic nitrogens is 2. The Labute approximate surface area is 188 Å². The molecule has 154 valence electrons. The summed E-state index contributed by atoms with van der Waals surface area (Å²) in [5.74, 6) is 0.560. The molecule has 1 saturated heterocycles. The van der Waals surface area contributed by atoms with Crippen LogP contribution in [0.3, 0.4) is 0 Å². The molecule has 4 nitrogen and oxygen atoms in total. The van der Waals surface area contributed by atoms with E-state index in [4.69, 9.17) is 37.7 Å². The number of nitrogens with zero attached hydrogens (tertiary/aromatic N) is 2. The summed E-state index contributed by atoms with van der Waals surface area (Å²) >= 11 is 14.9. The van der Waals surface area contributed by atoms with E-state index in [1.54, 1.807) is 11.3 Å². The smallest absolute Gasteiger partial charge is 0.168 e. The molecule has 2 fully saturated rings. The van der Waals surface area contributed by atoms with Gasteiger partial charge in [-0.25, -0.2) is 4.98 Å². The van der Waals surface area contributed by atoms with E-state index in [-0.39, 0.29) is 6.04 Å². The van der Waals surface area contributed by atoms with Crippen LogP contribution < -0.4 is 0 Å². The van der Waals surface area contributed by atoms with Gasteiger partial charge >= 0.3 is 0 Å². The third kappa shape index (κ3) is 2.91. The van der Waals surface area contributed by atoms with Crippen LogP contribution in [-0.4, -0.2) is 28.6 Å². The summed E-state index contributed by atoms with van der Waals surface area (Å²) in [5.41, 5.74) is 2.94. The van der Waals surface area contributed by atoms with Crippen molar-refractivity contribution in [2.45, 2.75) is 37.5 Å². The maximum atomic E-state index is 6.72. The number of thiophene rings is 1. The Balaban J connectivity index is 1.53. The van der Waals surface area contributed by atoms with Gasteiger partial charge < -0.3 is 14.0 Å². The van der Waals surface area contributed by atoms with Crippen LogP contribution >= 0.6 is 34.5 Å². The number of imidazole rings is 1. The summed E-state index contributed by atoms with van der Waals surface area (Å²) in [4.78, 5) is 5.04. The highest BCUT2D eigenvalue weighted by Gasteiger charge is 2.41. The lowest BCUT2D eigenvalue weighted by atomic mass is 9.89. The van der Waals surface area contributed by atoms with Crippen LogP contribution in [0.1, 0.15) is 31.7 Å². The van der Waals surface area contributed by atoms with Crippen molar-refractivity contribution in [3.63, 3.8) is 0 Å². The first-order valence-electron chi connectivity index (χ1n) is 10.3. The number of ether oxygens (including phenoxy) is 2. The highest BCUT2D eigenvalue weighted by Crippen LogP contribution is 2.46. The summed E-state index contributed by atoms with van der Waals surface area (Å²) in [6.45, 7) is 1.37. The Hall–Kier alpha value is -1.63. The monoisotopic (exact) mass is 458 g/mol. The van der Waals surface area contributed by atoms with E-state index >= 15 is 0 Å². The molecule has 1 aliphatic heterocycles. The van der Waals surface area contributed by atoms with Crippen LogP contribution in [0.25, 0.3) is 32.5 Å². The summed E-state index contributed by atoms with van der Waals surface area (Å²) in [6.07, 6.45) is 3.64. The predicted octanol–water partition coefficient (Wildman–Crippen LogP) is 7.08. The Bertz CT molecular complexity index is 1250. The topological polar surface area (TPSA) is 36.3 Å². The highest BCUT2D eigenvalue weighted by atomic mass is 35.5. The van der Waals surface area contributed by atoms with Crippen molar-refractivity contribution < 1.29 is 9.47 Å². The fourth-order valence-corrected chi connectivity index (χ4v) is 6.25. The van der Waals surface area contributed by atoms with E-state index in [0.29, 0.717) is 23.3 Å². The zero-order chi connectivity index (χ0) is 20.3. The maximum absolute atomic E-state index is 6.72. The van der Waals surface area contributed by atoms with Crippen molar-refractivity contribution in [2.75, 3.05) is 13.2 Å². The molecule has 4 aromatic rings. The lowest BCUT2D eigenvalue weighted by Gasteiger charge is -2.36. The number of benzene rings is 2. The summed E-state index contributed by atoms with van der Waals surface area (Å²) in [7, 11) is 0. The second kappa shape index (κ2) is 7.21. The molecule has 1 spiro atoms. The van der Waals surface area contributed by atoms with E-state index in [9.17, 15) is 0 Å². The third-order valence-corrected chi connectivity index (χ3v) is 8.12. The first kappa shape index (κ1) is 19.1. The van der Waals surface area contributed by atoms with Crippen LogP contribution in [0.4, 0.5) is 0 Å². The van der Waals surface area contributed by atoms with Gasteiger partial charge in [0.05, 0.1) is 34.3 Å². The zero-order valence-electron chi connectivity index (χ0n) is 16.2. The van der Waals surface area contributed by atoms with Crippen molar-refractivity contribution in [1.82, 2.24) is 9.55 Å². The van der Waals surface area contributed by atoms with Crippen molar-refractivity contribution >= 4 is 55.7 Å². The standard InChI is InChI=1S/C23H20Cl2N2O2S/c24-17-5-6-18-21(20(17)25)27(14-7-9-23(10-8-14)28-11-12-29-23)22(26-18)16-13-30-19-4-2-1-3-15(16)19/h1-6,13-14H,7-12H2. The van der Waals surface area contributed by atoms with Gasteiger partial charge in [0, 0.05) is 39.9 Å². The summed E-state index contributed by atoms with van der Waals surface area (Å²) < 4.78 is 15.5. The van der Waals surface area contributed by atoms with Gasteiger partial charge in [-0.3, -0.25) is 0 Å². The van der Waals surface area contributed by atoms with Crippen molar-refractivity contribution in [1.29, 1.82) is 0 Å². The lowest BCUT2D eigenvalue weighted by Crippen LogP contribution is -2.35. The molecule has 2 aromatic carbocycles. The van der Waals surface area contributed by atoms with E-state index in [1.165, 1.54) is 10.1 Å². The molecule has 0 atom stereocenters. The molecule has 0 bridgehead atoms. The van der Waals surface area contributed by atoms with Crippen LogP contribution in [0, 0.1) is 0 Å². The maximum Gasteiger partial charge on any atom is 0.168 e. The number of hydrogen-bond acceptors (Lipinski definition) is 4. The van der Waals surface area contributed by atoms with Crippen LogP contribution in [-0.2, 0) is 9.47 Å². The third-order valence-electron chi connectivity index (χ3n) is 6.36. The molecule has 7 heteroatoms. The van der Waals surface area contributed by atoms with E-state index in [1.807, 2.05) is 12.1 Å². The molecule has 0 amide bonds. The van der Waals surface area contributed by atoms with Crippen LogP contribution in [0.5, 0.6) is 0 Å². The normalized spacial score (nSPS) is 19.4. The number of hydrogen-bond donors (Lipinski definition) is 0. The van der Waals surface area contributed by atoms with Gasteiger partial charge in [0.25, 0.3) is 0 Å². The van der Waals surface area contributed by atoms with Gasteiger partial charge in [-0.05, 0) is 31.0 Å². The van der Waals surface area contributed by atoms with Gasteiger partial charge in [0.15, 0.2) is 5.79 Å². The van der Waals surface area contributed by atoms with Crippen molar-refractivity contribution in [3.8, 4) is 11.4 Å². The molecular weight excluding hydrogens is 439 g/mol. The SMILES string of the molecule is Clc1ccc2nc(-c3csc4ccccc34)n(C3CCC4(CC3)OCCO4)c2c1Cl. The highest BCUT2D eigenvalue weighted by molar-refractivity contribution is 7.17. The first-order chi connectivity index (χ1) is 14.7. The van der Waals surface area contributed by atoms with Gasteiger partial charge in [-0.2, -0.15) is 0 Å². The van der Waals surface area contributed by atoms with E-state index < -0.39 is 5.79 Å². The second-order valence-electron chi connectivity index (χ2n) is 8.02. The van der Waals surface area contributed by atoms with E-state index in [0.717, 1.165) is 48.1 Å². The van der Waals surface area contributed by atoms with Gasteiger partial charge in [-0.1, -0.05) is 41.4 Å². The van der Waals surface area contributed by atoms with E-state index in [2.05, 4.69) is 34.2 Å². The molecule has 0 unspecified atom stereocenters. The molecule has 0 radical (unpaired) electrons. The predicted molar refractivity (Wildman–Crippen MR) is 123 cm³/mol. The van der Waals surface area contributed by atoms with Gasteiger partial charge in [-0.15, -0.1) is 11.3 Å². The zero-order valence-corrected chi connectivity index (χ0v) is 18.6. The first-order valence-corrected chi connectivity index (χ1v) is 11.9. The summed E-state index contributed by atoms with van der Waals surface area (Å²) in [6, 6.07) is 12.5. The van der Waals surface area contributed by atoms with Gasteiger partial charge in [0.2, 0.25) is 0 Å². The van der Waals surface area contributed by atoms with Crippen molar-refractivity contribution in [2.24, 2.45) is 0 Å². The summed E-state index contributed by atoms with van der Waals surface area (Å²) in [5, 5.41) is 4.55. The molecule has 1 saturated carbocycles. The fraction of sp³-hybridized carbons (Fsp3) is 0.348. The van der Waals surface area contributed by atoms with Crippen molar-refractivity contribution in [3.05, 3.63) is 51.8 Å².